The highest BCUT2D eigenvalue weighted by atomic mass is 32.2. The van der Waals surface area contributed by atoms with E-state index in [1.54, 1.807) is 25.3 Å². The van der Waals surface area contributed by atoms with Crippen LogP contribution < -0.4 is 9.46 Å². The molecule has 0 radical (unpaired) electrons. The number of ether oxygens (including phenoxy) is 1. The topological polar surface area (TPSA) is 75.7 Å². The van der Waals surface area contributed by atoms with E-state index in [0.29, 0.717) is 37.7 Å². The van der Waals surface area contributed by atoms with E-state index < -0.39 is 10.0 Å². The Morgan fingerprint density at radius 2 is 2.00 bits per heavy atom. The number of carbonyl (C=O) groups is 1. The minimum Gasteiger partial charge on any atom is -0.496 e. The summed E-state index contributed by atoms with van der Waals surface area (Å²) in [5.41, 5.74) is 0.860. The largest absolute Gasteiger partial charge is 0.496 e. The number of hydrogen-bond acceptors (Lipinski definition) is 4. The van der Waals surface area contributed by atoms with Gasteiger partial charge in [0.25, 0.3) is 0 Å². The highest BCUT2D eigenvalue weighted by Gasteiger charge is 2.35. The van der Waals surface area contributed by atoms with Crippen LogP contribution in [-0.2, 0) is 21.2 Å². The van der Waals surface area contributed by atoms with Crippen molar-refractivity contribution in [2.24, 2.45) is 5.92 Å². The van der Waals surface area contributed by atoms with Gasteiger partial charge in [0.2, 0.25) is 15.9 Å². The van der Waals surface area contributed by atoms with E-state index in [1.165, 1.54) is 12.8 Å². The molecule has 3 rings (SSSR count). The molecule has 2 fully saturated rings. The zero-order valence-electron chi connectivity index (χ0n) is 15.5. The molecule has 1 aliphatic heterocycles. The Hall–Kier alpha value is -1.60. The number of nitrogens with zero attached hydrogens (tertiary/aromatic N) is 1. The number of hydrogen-bond donors (Lipinski definition) is 1. The zero-order chi connectivity index (χ0) is 18.7. The fourth-order valence-electron chi connectivity index (χ4n) is 4.02. The first kappa shape index (κ1) is 19.2. The summed E-state index contributed by atoms with van der Waals surface area (Å²) in [6.45, 7) is 2.92. The van der Waals surface area contributed by atoms with Crippen molar-refractivity contribution >= 4 is 15.9 Å². The zero-order valence-corrected chi connectivity index (χ0v) is 16.3. The third kappa shape index (κ3) is 4.04. The van der Waals surface area contributed by atoms with Gasteiger partial charge in [0.05, 0.1) is 12.0 Å². The molecule has 6 nitrogen and oxygen atoms in total. The number of carbonyl (C=O) groups excluding carboxylic acids is 1. The predicted octanol–water partition coefficient (Wildman–Crippen LogP) is 2.33. The van der Waals surface area contributed by atoms with Gasteiger partial charge in [-0.05, 0) is 48.9 Å². The second-order valence-electron chi connectivity index (χ2n) is 7.23. The summed E-state index contributed by atoms with van der Waals surface area (Å²) >= 11 is 0. The maximum absolute atomic E-state index is 12.6. The Morgan fingerprint density at radius 3 is 2.65 bits per heavy atom. The summed E-state index contributed by atoms with van der Waals surface area (Å²) < 4.78 is 33.2. The molecule has 144 valence electrons. The van der Waals surface area contributed by atoms with Crippen molar-refractivity contribution in [3.63, 3.8) is 0 Å². The van der Waals surface area contributed by atoms with Crippen LogP contribution in [0, 0.1) is 5.92 Å². The van der Waals surface area contributed by atoms with Crippen molar-refractivity contribution in [2.45, 2.75) is 56.4 Å². The lowest BCUT2D eigenvalue weighted by atomic mass is 10.1. The third-order valence-corrected chi connectivity index (χ3v) is 6.93. The number of sulfonamides is 1. The molecule has 1 atom stereocenters. The van der Waals surface area contributed by atoms with Gasteiger partial charge in [-0.2, -0.15) is 0 Å². The number of nitrogens with one attached hydrogen (secondary N) is 1. The number of aryl methyl sites for hydroxylation is 1. The van der Waals surface area contributed by atoms with Crippen molar-refractivity contribution in [3.05, 3.63) is 23.8 Å². The molecular weight excluding hydrogens is 352 g/mol. The molecular formula is C19H28N2O4S. The summed E-state index contributed by atoms with van der Waals surface area (Å²) in [5, 5.41) is 0. The number of amides is 1. The molecule has 26 heavy (non-hydrogen) atoms. The first-order valence-electron chi connectivity index (χ1n) is 9.40. The van der Waals surface area contributed by atoms with Gasteiger partial charge in [0.1, 0.15) is 5.75 Å². The number of rotatable bonds is 7. The third-order valence-electron chi connectivity index (χ3n) is 5.51. The average molecular weight is 381 g/mol. The minimum absolute atomic E-state index is 0.0433. The summed E-state index contributed by atoms with van der Waals surface area (Å²) in [6.07, 6.45) is 5.65. The van der Waals surface area contributed by atoms with Crippen LogP contribution in [0.25, 0.3) is 0 Å². The normalized spacial score (nSPS) is 21.5. The molecule has 7 heteroatoms. The molecule has 1 aromatic rings. The maximum atomic E-state index is 12.6. The smallest absolute Gasteiger partial charge is 0.240 e. The van der Waals surface area contributed by atoms with E-state index in [0.717, 1.165) is 18.4 Å². The van der Waals surface area contributed by atoms with Crippen LogP contribution in [0.1, 0.15) is 44.6 Å². The van der Waals surface area contributed by atoms with Gasteiger partial charge in [-0.3, -0.25) is 4.79 Å². The van der Waals surface area contributed by atoms with Gasteiger partial charge in [0.15, 0.2) is 0 Å². The highest BCUT2D eigenvalue weighted by Crippen LogP contribution is 2.29. The van der Waals surface area contributed by atoms with Crippen molar-refractivity contribution in [1.82, 2.24) is 9.62 Å². The Kier molecular flexibility index (Phi) is 5.87. The van der Waals surface area contributed by atoms with Crippen LogP contribution in [-0.4, -0.2) is 45.5 Å². The van der Waals surface area contributed by atoms with E-state index in [1.807, 2.05) is 11.8 Å². The molecule has 1 saturated heterocycles. The van der Waals surface area contributed by atoms with Gasteiger partial charge in [-0.15, -0.1) is 0 Å². The van der Waals surface area contributed by atoms with E-state index >= 15 is 0 Å². The van der Waals surface area contributed by atoms with Gasteiger partial charge in [-0.1, -0.05) is 19.8 Å². The van der Waals surface area contributed by atoms with Crippen molar-refractivity contribution in [1.29, 1.82) is 0 Å². The first-order chi connectivity index (χ1) is 12.4. The molecule has 1 unspecified atom stereocenters. The lowest BCUT2D eigenvalue weighted by Crippen LogP contribution is -2.36. The molecule has 1 heterocycles. The number of benzene rings is 1. The van der Waals surface area contributed by atoms with E-state index in [2.05, 4.69) is 4.72 Å². The maximum Gasteiger partial charge on any atom is 0.240 e. The van der Waals surface area contributed by atoms with Crippen LogP contribution in [0.15, 0.2) is 23.1 Å². The van der Waals surface area contributed by atoms with Crippen molar-refractivity contribution < 1.29 is 17.9 Å². The summed E-state index contributed by atoms with van der Waals surface area (Å²) in [4.78, 5) is 14.5. The van der Waals surface area contributed by atoms with Crippen LogP contribution in [0.3, 0.4) is 0 Å². The van der Waals surface area contributed by atoms with E-state index in [9.17, 15) is 13.2 Å². The molecule has 1 N–H and O–H groups in total. The van der Waals surface area contributed by atoms with Gasteiger partial charge < -0.3 is 9.64 Å². The molecule has 0 aromatic heterocycles. The second kappa shape index (κ2) is 7.96. The second-order valence-corrected chi connectivity index (χ2v) is 9.00. The van der Waals surface area contributed by atoms with Crippen LogP contribution >= 0.6 is 0 Å². The molecule has 1 amide bonds. The van der Waals surface area contributed by atoms with Gasteiger partial charge in [0, 0.05) is 25.6 Å². The highest BCUT2D eigenvalue weighted by molar-refractivity contribution is 7.89. The monoisotopic (exact) mass is 380 g/mol. The molecule has 1 aromatic carbocycles. The Labute approximate surface area is 156 Å². The van der Waals surface area contributed by atoms with E-state index in [-0.39, 0.29) is 16.7 Å². The predicted molar refractivity (Wildman–Crippen MR) is 99.6 cm³/mol. The lowest BCUT2D eigenvalue weighted by molar-refractivity contribution is -0.129. The molecule has 1 aliphatic carbocycles. The van der Waals surface area contributed by atoms with Crippen LogP contribution in [0.2, 0.25) is 0 Å². The van der Waals surface area contributed by atoms with E-state index in [4.69, 9.17) is 4.74 Å². The standard InChI is InChI=1S/C19H28N2O4S/c1-3-15-11-17(8-9-18(15)25-2)26(23,24)20-12-14-10-19(22)21(13-14)16-6-4-5-7-16/h8-9,11,14,16,20H,3-7,10,12-13H2,1-2H3. The average Bonchev–Trinajstić information content (AvgIpc) is 3.28. The fourth-order valence-corrected chi connectivity index (χ4v) is 5.19. The molecule has 0 spiro atoms. The molecule has 1 saturated carbocycles. The number of likely N-dealkylation sites (tertiary alicyclic amines) is 1. The summed E-state index contributed by atoms with van der Waals surface area (Å²) in [7, 11) is -2.02. The minimum atomic E-state index is -3.59. The fraction of sp³-hybridized carbons (Fsp3) is 0.632. The van der Waals surface area contributed by atoms with Crippen molar-refractivity contribution in [2.75, 3.05) is 20.2 Å². The molecule has 2 aliphatic rings. The molecule has 0 bridgehead atoms. The van der Waals surface area contributed by atoms with Gasteiger partial charge >= 0.3 is 0 Å². The quantitative estimate of drug-likeness (QED) is 0.788. The lowest BCUT2D eigenvalue weighted by Gasteiger charge is -2.24. The Bertz CT molecular complexity index is 757. The van der Waals surface area contributed by atoms with Crippen molar-refractivity contribution in [3.8, 4) is 5.75 Å². The van der Waals surface area contributed by atoms with Gasteiger partial charge in [-0.25, -0.2) is 13.1 Å². The van der Waals surface area contributed by atoms with Crippen LogP contribution in [0.4, 0.5) is 0 Å². The summed E-state index contributed by atoms with van der Waals surface area (Å²) in [5.74, 6) is 0.903. The van der Waals surface area contributed by atoms with Crippen LogP contribution in [0.5, 0.6) is 5.75 Å². The summed E-state index contributed by atoms with van der Waals surface area (Å²) in [6, 6.07) is 5.27. The Balaban J connectivity index is 1.63. The Morgan fingerprint density at radius 1 is 1.27 bits per heavy atom. The SMILES string of the molecule is CCc1cc(S(=O)(=O)NCC2CC(=O)N(C3CCCC3)C2)ccc1OC. The number of methoxy groups -OCH3 is 1. The first-order valence-corrected chi connectivity index (χ1v) is 10.9.